The summed E-state index contributed by atoms with van der Waals surface area (Å²) in [6, 6.07) is 0. The Bertz CT molecular complexity index is 434. The zero-order valence-corrected chi connectivity index (χ0v) is 9.59. The molecule has 1 aromatic heterocycles. The molecule has 3 heteroatoms. The van der Waals surface area contributed by atoms with Crippen molar-refractivity contribution in [3.05, 3.63) is 32.9 Å². The van der Waals surface area contributed by atoms with Crippen LogP contribution in [0, 0.1) is 13.8 Å². The monoisotopic (exact) mass is 207 g/mol. The molecule has 0 N–H and O–H groups in total. The Morgan fingerprint density at radius 3 is 2.60 bits per heavy atom. The fraction of sp³-hybridized carbons (Fsp3) is 0.583. The van der Waals surface area contributed by atoms with E-state index < -0.39 is 0 Å². The molecular weight excluding hydrogens is 190 g/mol. The maximum absolute atomic E-state index is 11.5. The van der Waals surface area contributed by atoms with E-state index in [2.05, 4.69) is 11.8 Å². The Balaban J connectivity index is 2.41. The van der Waals surface area contributed by atoms with Crippen LogP contribution in [0.2, 0.25) is 0 Å². The number of hydrogen-bond donors (Lipinski definition) is 0. The minimum atomic E-state index is -0.176. The summed E-state index contributed by atoms with van der Waals surface area (Å²) in [4.78, 5) is 13.8. The molecule has 82 valence electrons. The first kappa shape index (κ1) is 10.4. The molecule has 0 unspecified atom stereocenters. The molecular formula is C12H17NO2. The number of hydrogen-bond acceptors (Lipinski definition) is 3. The third kappa shape index (κ3) is 1.72. The summed E-state index contributed by atoms with van der Waals surface area (Å²) in [5, 5.41) is 0. The lowest BCUT2D eigenvalue weighted by Gasteiger charge is -2.12. The molecule has 0 amide bonds. The van der Waals surface area contributed by atoms with Crippen molar-refractivity contribution in [2.24, 2.45) is 0 Å². The zero-order valence-electron chi connectivity index (χ0n) is 9.59. The number of rotatable bonds is 2. The van der Waals surface area contributed by atoms with Crippen LogP contribution in [0.4, 0.5) is 0 Å². The third-order valence-corrected chi connectivity index (χ3v) is 3.10. The lowest BCUT2D eigenvalue weighted by Crippen LogP contribution is -2.17. The Kier molecular flexibility index (Phi) is 2.65. The maximum Gasteiger partial charge on any atom is 0.339 e. The Morgan fingerprint density at radius 2 is 1.93 bits per heavy atom. The van der Waals surface area contributed by atoms with Gasteiger partial charge in [-0.15, -0.1) is 0 Å². The molecule has 1 aliphatic rings. The number of nitrogens with zero attached hydrogens (tertiary/aromatic N) is 1. The Labute approximate surface area is 89.7 Å². The van der Waals surface area contributed by atoms with E-state index >= 15 is 0 Å². The van der Waals surface area contributed by atoms with Gasteiger partial charge in [-0.3, -0.25) is 4.90 Å². The van der Waals surface area contributed by atoms with Gasteiger partial charge in [-0.2, -0.15) is 0 Å². The van der Waals surface area contributed by atoms with Crippen molar-refractivity contribution in [1.82, 2.24) is 4.90 Å². The first-order valence-corrected chi connectivity index (χ1v) is 5.48. The molecule has 0 saturated heterocycles. The van der Waals surface area contributed by atoms with E-state index in [0.717, 1.165) is 37.4 Å². The van der Waals surface area contributed by atoms with Gasteiger partial charge in [-0.25, -0.2) is 4.79 Å². The normalized spacial score (nSPS) is 15.7. The first-order chi connectivity index (χ1) is 7.13. The summed E-state index contributed by atoms with van der Waals surface area (Å²) in [6.45, 7) is 8.84. The molecule has 15 heavy (non-hydrogen) atoms. The molecule has 0 atom stereocenters. The average molecular weight is 207 g/mol. The van der Waals surface area contributed by atoms with Crippen LogP contribution >= 0.6 is 0 Å². The average Bonchev–Trinajstić information content (AvgIpc) is 2.60. The van der Waals surface area contributed by atoms with Gasteiger partial charge in [0.05, 0.1) is 0 Å². The number of aryl methyl sites for hydroxylation is 1. The van der Waals surface area contributed by atoms with Gasteiger partial charge in [-0.1, -0.05) is 6.92 Å². The van der Waals surface area contributed by atoms with Crippen molar-refractivity contribution in [1.29, 1.82) is 0 Å². The van der Waals surface area contributed by atoms with E-state index in [4.69, 9.17) is 4.42 Å². The largest absolute Gasteiger partial charge is 0.428 e. The molecule has 1 aliphatic heterocycles. The van der Waals surface area contributed by atoms with E-state index in [1.165, 1.54) is 11.1 Å². The fourth-order valence-corrected chi connectivity index (χ4v) is 2.24. The minimum absolute atomic E-state index is 0.176. The standard InChI is InChI=1S/C12H17NO2/c1-4-5-13-6-10-8(2)12(14)15-9(3)11(10)7-13/h4-7H2,1-3H3. The second-order valence-corrected chi connectivity index (χ2v) is 4.24. The summed E-state index contributed by atoms with van der Waals surface area (Å²) >= 11 is 0. The van der Waals surface area contributed by atoms with Crippen molar-refractivity contribution in [2.45, 2.75) is 40.3 Å². The van der Waals surface area contributed by atoms with Gasteiger partial charge in [0.2, 0.25) is 0 Å². The first-order valence-electron chi connectivity index (χ1n) is 5.48. The van der Waals surface area contributed by atoms with Crippen LogP contribution in [0.1, 0.15) is 35.8 Å². The highest BCUT2D eigenvalue weighted by Gasteiger charge is 2.24. The predicted molar refractivity (Wildman–Crippen MR) is 58.9 cm³/mol. The van der Waals surface area contributed by atoms with Crippen LogP contribution in [0.15, 0.2) is 9.21 Å². The predicted octanol–water partition coefficient (Wildman–Crippen LogP) is 1.98. The molecule has 0 aromatic carbocycles. The molecule has 0 fully saturated rings. The molecule has 0 saturated carbocycles. The van der Waals surface area contributed by atoms with Crippen molar-refractivity contribution in [3.63, 3.8) is 0 Å². The van der Waals surface area contributed by atoms with Gasteiger partial charge in [0.25, 0.3) is 0 Å². The Hall–Kier alpha value is -1.09. The van der Waals surface area contributed by atoms with Gasteiger partial charge < -0.3 is 4.42 Å². The molecule has 0 spiro atoms. The molecule has 0 aliphatic carbocycles. The van der Waals surface area contributed by atoms with E-state index in [1.54, 1.807) is 0 Å². The SMILES string of the molecule is CCCN1Cc2c(C)oc(=O)c(C)c2C1. The van der Waals surface area contributed by atoms with Crippen LogP contribution < -0.4 is 5.63 Å². The fourth-order valence-electron chi connectivity index (χ4n) is 2.24. The summed E-state index contributed by atoms with van der Waals surface area (Å²) in [6.07, 6.45) is 1.15. The summed E-state index contributed by atoms with van der Waals surface area (Å²) < 4.78 is 5.19. The van der Waals surface area contributed by atoms with Crippen LogP contribution in [0.5, 0.6) is 0 Å². The lowest BCUT2D eigenvalue weighted by molar-refractivity contribution is 0.283. The Morgan fingerprint density at radius 1 is 1.27 bits per heavy atom. The molecule has 1 aromatic rings. The summed E-state index contributed by atoms with van der Waals surface area (Å²) in [5.74, 6) is 0.791. The minimum Gasteiger partial charge on any atom is -0.428 e. The van der Waals surface area contributed by atoms with E-state index in [1.807, 2.05) is 13.8 Å². The highest BCUT2D eigenvalue weighted by Crippen LogP contribution is 2.26. The zero-order chi connectivity index (χ0) is 11.0. The van der Waals surface area contributed by atoms with Gasteiger partial charge in [0.15, 0.2) is 0 Å². The van der Waals surface area contributed by atoms with E-state index in [9.17, 15) is 4.79 Å². The van der Waals surface area contributed by atoms with E-state index in [-0.39, 0.29) is 5.63 Å². The van der Waals surface area contributed by atoms with Crippen LogP contribution in [0.3, 0.4) is 0 Å². The van der Waals surface area contributed by atoms with Crippen molar-refractivity contribution >= 4 is 0 Å². The van der Waals surface area contributed by atoms with Crippen LogP contribution in [-0.4, -0.2) is 11.4 Å². The lowest BCUT2D eigenvalue weighted by atomic mass is 10.1. The van der Waals surface area contributed by atoms with Crippen molar-refractivity contribution < 1.29 is 4.42 Å². The topological polar surface area (TPSA) is 33.5 Å². The summed E-state index contributed by atoms with van der Waals surface area (Å²) in [7, 11) is 0. The molecule has 2 heterocycles. The molecule has 0 radical (unpaired) electrons. The summed E-state index contributed by atoms with van der Waals surface area (Å²) in [5.41, 5.74) is 3.02. The highest BCUT2D eigenvalue weighted by atomic mass is 16.4. The van der Waals surface area contributed by atoms with Gasteiger partial charge in [0, 0.05) is 24.2 Å². The second kappa shape index (κ2) is 3.81. The highest BCUT2D eigenvalue weighted by molar-refractivity contribution is 5.36. The van der Waals surface area contributed by atoms with E-state index in [0.29, 0.717) is 0 Å². The van der Waals surface area contributed by atoms with Gasteiger partial charge >= 0.3 is 5.63 Å². The quantitative estimate of drug-likeness (QED) is 0.743. The van der Waals surface area contributed by atoms with Crippen molar-refractivity contribution in [3.8, 4) is 0 Å². The smallest absolute Gasteiger partial charge is 0.339 e. The molecule has 0 bridgehead atoms. The number of fused-ring (bicyclic) bond motifs is 1. The van der Waals surface area contributed by atoms with Gasteiger partial charge in [-0.05, 0) is 32.4 Å². The van der Waals surface area contributed by atoms with Crippen LogP contribution in [-0.2, 0) is 13.1 Å². The third-order valence-electron chi connectivity index (χ3n) is 3.10. The van der Waals surface area contributed by atoms with Crippen molar-refractivity contribution in [2.75, 3.05) is 6.54 Å². The van der Waals surface area contributed by atoms with Crippen LogP contribution in [0.25, 0.3) is 0 Å². The molecule has 3 nitrogen and oxygen atoms in total. The maximum atomic E-state index is 11.5. The second-order valence-electron chi connectivity index (χ2n) is 4.24. The molecule has 2 rings (SSSR count). The van der Waals surface area contributed by atoms with Gasteiger partial charge in [0.1, 0.15) is 5.76 Å².